The average molecular weight is 427 g/mol. The second kappa shape index (κ2) is 6.73. The van der Waals surface area contributed by atoms with Crippen molar-refractivity contribution in [3.63, 3.8) is 0 Å². The van der Waals surface area contributed by atoms with Crippen LogP contribution >= 0.6 is 15.9 Å². The second-order valence-electron chi connectivity index (χ2n) is 7.17. The molecule has 0 radical (unpaired) electrons. The van der Waals surface area contributed by atoms with Gasteiger partial charge < -0.3 is 5.11 Å². The van der Waals surface area contributed by atoms with Crippen molar-refractivity contribution in [1.29, 1.82) is 0 Å². The van der Waals surface area contributed by atoms with Crippen LogP contribution < -0.4 is 0 Å². The van der Waals surface area contributed by atoms with Gasteiger partial charge in [-0.15, -0.1) is 0 Å². The SMILES string of the molecule is OC1c2ccccc2C(c2ccccc2)(c2ccccc2)c2cccc(Br)c21. The van der Waals surface area contributed by atoms with Crippen LogP contribution in [0.15, 0.2) is 108 Å². The fourth-order valence-electron chi connectivity index (χ4n) is 4.68. The topological polar surface area (TPSA) is 20.2 Å². The molecule has 4 aromatic carbocycles. The van der Waals surface area contributed by atoms with E-state index in [4.69, 9.17) is 0 Å². The van der Waals surface area contributed by atoms with Crippen LogP contribution in [0.5, 0.6) is 0 Å². The lowest BCUT2D eigenvalue weighted by Crippen LogP contribution is -2.37. The van der Waals surface area contributed by atoms with Crippen LogP contribution in [-0.2, 0) is 5.41 Å². The molecule has 0 amide bonds. The predicted octanol–water partition coefficient (Wildman–Crippen LogP) is 6.23. The van der Waals surface area contributed by atoms with Crippen LogP contribution in [0, 0.1) is 0 Å². The monoisotopic (exact) mass is 426 g/mol. The average Bonchev–Trinajstić information content (AvgIpc) is 2.76. The smallest absolute Gasteiger partial charge is 0.106 e. The fourth-order valence-corrected chi connectivity index (χ4v) is 5.27. The van der Waals surface area contributed by atoms with Crippen LogP contribution in [0.2, 0.25) is 0 Å². The number of halogens is 1. The number of fused-ring (bicyclic) bond motifs is 2. The molecule has 1 atom stereocenters. The molecule has 1 unspecified atom stereocenters. The summed E-state index contributed by atoms with van der Waals surface area (Å²) < 4.78 is 0.934. The molecule has 0 bridgehead atoms. The summed E-state index contributed by atoms with van der Waals surface area (Å²) in [5.41, 5.74) is 6.04. The second-order valence-corrected chi connectivity index (χ2v) is 8.03. The summed E-state index contributed by atoms with van der Waals surface area (Å²) in [6, 6.07) is 35.7. The highest BCUT2D eigenvalue weighted by atomic mass is 79.9. The van der Waals surface area contributed by atoms with Crippen molar-refractivity contribution < 1.29 is 5.11 Å². The summed E-state index contributed by atoms with van der Waals surface area (Å²) in [5.74, 6) is 0. The Labute approximate surface area is 173 Å². The highest BCUT2D eigenvalue weighted by Crippen LogP contribution is 2.54. The van der Waals surface area contributed by atoms with Crippen molar-refractivity contribution >= 4 is 15.9 Å². The molecule has 0 heterocycles. The minimum atomic E-state index is -0.665. The van der Waals surface area contributed by atoms with E-state index in [1.807, 2.05) is 30.3 Å². The zero-order chi connectivity index (χ0) is 19.1. The fraction of sp³-hybridized carbons (Fsp3) is 0.0769. The molecule has 0 aromatic heterocycles. The number of aliphatic hydroxyl groups is 1. The molecule has 0 fully saturated rings. The molecule has 1 aliphatic rings. The van der Waals surface area contributed by atoms with Crippen molar-refractivity contribution in [2.45, 2.75) is 11.5 Å². The molecule has 1 nitrogen and oxygen atoms in total. The Bertz CT molecular complexity index is 1100. The summed E-state index contributed by atoms with van der Waals surface area (Å²) in [4.78, 5) is 0. The first kappa shape index (κ1) is 17.4. The Kier molecular flexibility index (Phi) is 4.19. The molecule has 1 aliphatic carbocycles. The maximum Gasteiger partial charge on any atom is 0.106 e. The predicted molar refractivity (Wildman–Crippen MR) is 117 cm³/mol. The zero-order valence-electron chi connectivity index (χ0n) is 15.2. The summed E-state index contributed by atoms with van der Waals surface area (Å²) in [7, 11) is 0. The number of hydrogen-bond acceptors (Lipinski definition) is 1. The van der Waals surface area contributed by atoms with Gasteiger partial charge in [0, 0.05) is 10.0 Å². The Morgan fingerprint density at radius 1 is 0.607 bits per heavy atom. The first-order chi connectivity index (χ1) is 13.7. The van der Waals surface area contributed by atoms with Crippen molar-refractivity contribution in [3.05, 3.63) is 141 Å². The van der Waals surface area contributed by atoms with Crippen molar-refractivity contribution in [2.75, 3.05) is 0 Å². The Balaban J connectivity index is 2.01. The van der Waals surface area contributed by atoms with Crippen LogP contribution in [0.4, 0.5) is 0 Å². The van der Waals surface area contributed by atoms with E-state index in [1.54, 1.807) is 0 Å². The number of rotatable bonds is 2. The van der Waals surface area contributed by atoms with E-state index in [0.29, 0.717) is 0 Å². The number of benzene rings is 4. The van der Waals surface area contributed by atoms with Gasteiger partial charge in [-0.25, -0.2) is 0 Å². The summed E-state index contributed by atoms with van der Waals surface area (Å²) in [6.07, 6.45) is -0.665. The van der Waals surface area contributed by atoms with Crippen molar-refractivity contribution in [3.8, 4) is 0 Å². The molecule has 4 aromatic rings. The van der Waals surface area contributed by atoms with Gasteiger partial charge in [-0.1, -0.05) is 113 Å². The minimum absolute atomic E-state index is 0.489. The summed E-state index contributed by atoms with van der Waals surface area (Å²) in [5, 5.41) is 11.3. The molecule has 0 aliphatic heterocycles. The highest BCUT2D eigenvalue weighted by molar-refractivity contribution is 9.10. The lowest BCUT2D eigenvalue weighted by Gasteiger charge is -2.44. The summed E-state index contributed by atoms with van der Waals surface area (Å²) in [6.45, 7) is 0. The molecular formula is C26H19BrO. The van der Waals surface area contributed by atoms with Gasteiger partial charge in [-0.2, -0.15) is 0 Å². The third-order valence-electron chi connectivity index (χ3n) is 5.80. The molecule has 5 rings (SSSR count). The van der Waals surface area contributed by atoms with E-state index in [2.05, 4.69) is 88.7 Å². The third kappa shape index (κ3) is 2.35. The Hall–Kier alpha value is -2.68. The van der Waals surface area contributed by atoms with E-state index >= 15 is 0 Å². The van der Waals surface area contributed by atoms with Crippen molar-refractivity contribution in [1.82, 2.24) is 0 Å². The van der Waals surface area contributed by atoms with E-state index in [9.17, 15) is 5.11 Å². The van der Waals surface area contributed by atoms with Gasteiger partial charge in [-0.05, 0) is 33.9 Å². The lowest BCUT2D eigenvalue weighted by molar-refractivity contribution is 0.211. The largest absolute Gasteiger partial charge is 0.384 e. The Morgan fingerprint density at radius 3 is 1.79 bits per heavy atom. The van der Waals surface area contributed by atoms with Gasteiger partial charge in [0.2, 0.25) is 0 Å². The molecule has 28 heavy (non-hydrogen) atoms. The quantitative estimate of drug-likeness (QED) is 0.402. The first-order valence-electron chi connectivity index (χ1n) is 9.42. The van der Waals surface area contributed by atoms with E-state index in [0.717, 1.165) is 26.7 Å². The molecule has 0 saturated carbocycles. The van der Waals surface area contributed by atoms with Gasteiger partial charge in [-0.3, -0.25) is 0 Å². The third-order valence-corrected chi connectivity index (χ3v) is 6.49. The molecule has 0 saturated heterocycles. The van der Waals surface area contributed by atoms with Crippen LogP contribution in [-0.4, -0.2) is 5.11 Å². The maximum atomic E-state index is 11.3. The van der Waals surface area contributed by atoms with Gasteiger partial charge >= 0.3 is 0 Å². The van der Waals surface area contributed by atoms with Gasteiger partial charge in [0.1, 0.15) is 6.10 Å². The minimum Gasteiger partial charge on any atom is -0.384 e. The molecule has 0 spiro atoms. The van der Waals surface area contributed by atoms with Gasteiger partial charge in [0.05, 0.1) is 5.41 Å². The molecule has 136 valence electrons. The van der Waals surface area contributed by atoms with Gasteiger partial charge in [0.15, 0.2) is 0 Å². The van der Waals surface area contributed by atoms with Crippen LogP contribution in [0.3, 0.4) is 0 Å². The van der Waals surface area contributed by atoms with Crippen molar-refractivity contribution in [2.24, 2.45) is 0 Å². The zero-order valence-corrected chi connectivity index (χ0v) is 16.8. The van der Waals surface area contributed by atoms with E-state index in [1.165, 1.54) is 11.1 Å². The normalized spacial score (nSPS) is 16.9. The van der Waals surface area contributed by atoms with E-state index in [-0.39, 0.29) is 0 Å². The van der Waals surface area contributed by atoms with E-state index < -0.39 is 11.5 Å². The molecule has 1 N–H and O–H groups in total. The van der Waals surface area contributed by atoms with Crippen LogP contribution in [0.25, 0.3) is 0 Å². The molecule has 2 heteroatoms. The lowest BCUT2D eigenvalue weighted by atomic mass is 9.59. The molecular weight excluding hydrogens is 408 g/mol. The highest BCUT2D eigenvalue weighted by Gasteiger charge is 2.46. The number of hydrogen-bond donors (Lipinski definition) is 1. The summed E-state index contributed by atoms with van der Waals surface area (Å²) >= 11 is 3.71. The van der Waals surface area contributed by atoms with Crippen LogP contribution in [0.1, 0.15) is 39.5 Å². The Morgan fingerprint density at radius 2 is 1.14 bits per heavy atom. The van der Waals surface area contributed by atoms with Gasteiger partial charge in [0.25, 0.3) is 0 Å². The number of aliphatic hydroxyl groups excluding tert-OH is 1. The first-order valence-corrected chi connectivity index (χ1v) is 10.2. The standard InChI is InChI=1S/C26H19BrO/c27-23-17-9-16-22-24(23)25(28)20-14-7-8-15-21(20)26(22,18-10-3-1-4-11-18)19-12-5-2-6-13-19/h1-17,25,28H. The maximum absolute atomic E-state index is 11.3.